The highest BCUT2D eigenvalue weighted by atomic mass is 35.5. The second-order valence-corrected chi connectivity index (χ2v) is 12.9. The maximum Gasteiger partial charge on any atom is 0.318 e. The van der Waals surface area contributed by atoms with Gasteiger partial charge in [0.25, 0.3) is 5.91 Å². The SMILES string of the molecule is [C-]#[N+]C[C@H]1CN(c2nc(OC[C@@H]3CCCN3C)nc3c2CCN(c2cccc4cccc(Cl)c24)C3)CCN1C(=O)[C@@H]1O[C@@H]1C#CC. The van der Waals surface area contributed by atoms with Crippen LogP contribution in [0.4, 0.5) is 11.5 Å². The van der Waals surface area contributed by atoms with Crippen molar-refractivity contribution in [3.8, 4) is 17.9 Å². The van der Waals surface area contributed by atoms with Crippen LogP contribution in [0.25, 0.3) is 15.6 Å². The summed E-state index contributed by atoms with van der Waals surface area (Å²) < 4.78 is 11.9. The molecule has 4 aliphatic rings. The van der Waals surface area contributed by atoms with Gasteiger partial charge in [0.05, 0.1) is 17.3 Å². The molecule has 3 fully saturated rings. The zero-order chi connectivity index (χ0) is 31.8. The number of ether oxygens (including phenoxy) is 2. The molecule has 1 amide bonds. The van der Waals surface area contributed by atoms with Crippen molar-refractivity contribution in [2.45, 2.75) is 57.0 Å². The number of anilines is 2. The van der Waals surface area contributed by atoms with E-state index in [1.165, 1.54) is 0 Å². The predicted octanol–water partition coefficient (Wildman–Crippen LogP) is 4.05. The van der Waals surface area contributed by atoms with Gasteiger partial charge in [-0.2, -0.15) is 9.97 Å². The molecule has 3 aromatic rings. The number of benzene rings is 2. The Labute approximate surface area is 275 Å². The fourth-order valence-electron chi connectivity index (χ4n) is 7.14. The Bertz CT molecular complexity index is 1740. The van der Waals surface area contributed by atoms with Gasteiger partial charge >= 0.3 is 6.01 Å². The van der Waals surface area contributed by atoms with Gasteiger partial charge in [-0.3, -0.25) is 4.79 Å². The molecule has 2 aromatic carbocycles. The number of carbonyl (C=O) groups excluding carboxylic acids is 1. The quantitative estimate of drug-likeness (QED) is 0.218. The summed E-state index contributed by atoms with van der Waals surface area (Å²) in [7, 11) is 2.13. The first-order chi connectivity index (χ1) is 22.4. The van der Waals surface area contributed by atoms with Crippen LogP contribution in [0.3, 0.4) is 0 Å². The molecule has 0 unspecified atom stereocenters. The Morgan fingerprint density at radius 3 is 2.76 bits per heavy atom. The van der Waals surface area contributed by atoms with Gasteiger partial charge in [-0.15, -0.1) is 5.92 Å². The van der Waals surface area contributed by atoms with Gasteiger partial charge in [-0.1, -0.05) is 41.8 Å². The molecule has 3 saturated heterocycles. The number of fused-ring (bicyclic) bond motifs is 2. The number of hydrogen-bond acceptors (Lipinski definition) is 8. The van der Waals surface area contributed by atoms with Crippen LogP contribution in [0.2, 0.25) is 5.02 Å². The zero-order valence-electron chi connectivity index (χ0n) is 26.3. The minimum Gasteiger partial charge on any atom is -0.462 e. The maximum atomic E-state index is 13.3. The molecule has 4 aliphatic heterocycles. The molecule has 1 aromatic heterocycles. The van der Waals surface area contributed by atoms with Crippen LogP contribution < -0.4 is 14.5 Å². The van der Waals surface area contributed by atoms with Crippen molar-refractivity contribution in [1.82, 2.24) is 19.8 Å². The van der Waals surface area contributed by atoms with E-state index in [0.29, 0.717) is 44.8 Å². The molecule has 0 radical (unpaired) electrons. The van der Waals surface area contributed by atoms with Gasteiger partial charge < -0.3 is 33.9 Å². The summed E-state index contributed by atoms with van der Waals surface area (Å²) >= 11 is 6.72. The number of nitrogens with zero attached hydrogens (tertiary/aromatic N) is 7. The van der Waals surface area contributed by atoms with E-state index in [1.54, 1.807) is 6.92 Å². The normalized spacial score (nSPS) is 24.3. The van der Waals surface area contributed by atoms with Crippen molar-refractivity contribution in [2.75, 3.05) is 62.7 Å². The summed E-state index contributed by atoms with van der Waals surface area (Å²) in [4.78, 5) is 35.7. The molecule has 7 rings (SSSR count). The second-order valence-electron chi connectivity index (χ2n) is 12.5. The van der Waals surface area contributed by atoms with E-state index in [0.717, 1.165) is 70.9 Å². The van der Waals surface area contributed by atoms with Crippen molar-refractivity contribution >= 4 is 39.8 Å². The van der Waals surface area contributed by atoms with Crippen molar-refractivity contribution in [3.05, 3.63) is 64.1 Å². The predicted molar refractivity (Wildman–Crippen MR) is 178 cm³/mol. The lowest BCUT2D eigenvalue weighted by Crippen LogP contribution is -2.58. The van der Waals surface area contributed by atoms with Crippen LogP contribution >= 0.6 is 11.6 Å². The molecule has 0 N–H and O–H groups in total. The number of likely N-dealkylation sites (tertiary alicyclic amines) is 1. The average Bonchev–Trinajstić information content (AvgIpc) is 3.72. The van der Waals surface area contributed by atoms with Crippen molar-refractivity contribution in [1.29, 1.82) is 0 Å². The van der Waals surface area contributed by atoms with Gasteiger partial charge in [0.15, 0.2) is 12.2 Å². The second kappa shape index (κ2) is 13.0. The van der Waals surface area contributed by atoms with E-state index >= 15 is 0 Å². The number of halogens is 1. The Balaban J connectivity index is 1.19. The fraction of sp³-hybridized carbons (Fsp3) is 0.486. The highest BCUT2D eigenvalue weighted by Gasteiger charge is 2.49. The fourth-order valence-corrected chi connectivity index (χ4v) is 7.41. The largest absolute Gasteiger partial charge is 0.462 e. The molecule has 238 valence electrons. The van der Waals surface area contributed by atoms with Crippen molar-refractivity contribution < 1.29 is 14.3 Å². The zero-order valence-corrected chi connectivity index (χ0v) is 27.0. The van der Waals surface area contributed by atoms with E-state index in [-0.39, 0.29) is 24.6 Å². The third kappa shape index (κ3) is 5.93. The monoisotopic (exact) mass is 639 g/mol. The molecule has 0 aliphatic carbocycles. The summed E-state index contributed by atoms with van der Waals surface area (Å²) in [6.45, 7) is 14.1. The Kier molecular flexibility index (Phi) is 8.61. The van der Waals surface area contributed by atoms with E-state index in [2.05, 4.69) is 62.7 Å². The van der Waals surface area contributed by atoms with Crippen LogP contribution in [0.5, 0.6) is 6.01 Å². The van der Waals surface area contributed by atoms with Gasteiger partial charge in [0, 0.05) is 48.9 Å². The minimum atomic E-state index is -0.540. The van der Waals surface area contributed by atoms with Crippen LogP contribution in [-0.4, -0.2) is 103 Å². The van der Waals surface area contributed by atoms with Gasteiger partial charge in [-0.25, -0.2) is 6.57 Å². The maximum absolute atomic E-state index is 13.3. The molecule has 0 bridgehead atoms. The first kappa shape index (κ1) is 30.6. The molecule has 46 heavy (non-hydrogen) atoms. The van der Waals surface area contributed by atoms with E-state index in [9.17, 15) is 4.79 Å². The standard InChI is InChI=1S/C35H38ClN7O3/c1-4-8-30-32(46-30)34(44)43-18-17-42(20-25(43)19-37-2)33-26-14-16-41(29-13-6-10-23-9-5-12-27(36)31(23)29)21-28(26)38-35(39-33)45-22-24-11-7-15-40(24)3/h5-6,9-10,12-13,24-25,30,32H,7,11,14-22H2,1,3H3/t24-,25-,30+,32+/m0/s1. The Morgan fingerprint density at radius 2 is 1.98 bits per heavy atom. The summed E-state index contributed by atoms with van der Waals surface area (Å²) in [6.07, 6.45) is 2.11. The smallest absolute Gasteiger partial charge is 0.318 e. The van der Waals surface area contributed by atoms with Crippen molar-refractivity contribution in [2.24, 2.45) is 0 Å². The van der Waals surface area contributed by atoms with E-state index in [4.69, 9.17) is 37.6 Å². The molecule has 0 saturated carbocycles. The topological polar surface area (TPSA) is 81.9 Å². The minimum absolute atomic E-state index is 0.0835. The van der Waals surface area contributed by atoms with Crippen LogP contribution in [0.15, 0.2) is 36.4 Å². The van der Waals surface area contributed by atoms with Gasteiger partial charge in [-0.05, 0) is 57.3 Å². The number of carbonyl (C=O) groups is 1. The Morgan fingerprint density at radius 1 is 1.13 bits per heavy atom. The van der Waals surface area contributed by atoms with Gasteiger partial charge in [0.1, 0.15) is 18.5 Å². The molecule has 10 nitrogen and oxygen atoms in total. The first-order valence-corrected chi connectivity index (χ1v) is 16.4. The highest BCUT2D eigenvalue weighted by Crippen LogP contribution is 2.37. The van der Waals surface area contributed by atoms with Crippen LogP contribution in [0, 0.1) is 18.4 Å². The molecule has 4 atom stereocenters. The third-order valence-electron chi connectivity index (χ3n) is 9.66. The molecule has 5 heterocycles. The summed E-state index contributed by atoms with van der Waals surface area (Å²) in [5.41, 5.74) is 3.11. The van der Waals surface area contributed by atoms with Crippen molar-refractivity contribution in [3.63, 3.8) is 0 Å². The van der Waals surface area contributed by atoms with E-state index in [1.807, 2.05) is 17.0 Å². The van der Waals surface area contributed by atoms with Crippen LogP contribution in [0.1, 0.15) is 31.0 Å². The third-order valence-corrected chi connectivity index (χ3v) is 9.98. The number of likely N-dealkylation sites (N-methyl/N-ethyl adjacent to an activating group) is 1. The number of aromatic nitrogens is 2. The van der Waals surface area contributed by atoms with Gasteiger partial charge in [0.2, 0.25) is 6.54 Å². The number of piperazine rings is 1. The molecule has 0 spiro atoms. The summed E-state index contributed by atoms with van der Waals surface area (Å²) in [6, 6.07) is 12.7. The lowest BCUT2D eigenvalue weighted by molar-refractivity contribution is -0.135. The first-order valence-electron chi connectivity index (χ1n) is 16.1. The summed E-state index contributed by atoms with van der Waals surface area (Å²) in [5, 5.41) is 2.88. The Hall–Kier alpha value is -4.09. The summed E-state index contributed by atoms with van der Waals surface area (Å²) in [5.74, 6) is 6.53. The molecular weight excluding hydrogens is 602 g/mol. The van der Waals surface area contributed by atoms with E-state index < -0.39 is 6.10 Å². The lowest BCUT2D eigenvalue weighted by Gasteiger charge is -2.41. The van der Waals surface area contributed by atoms with Crippen LogP contribution in [-0.2, 0) is 22.5 Å². The highest BCUT2D eigenvalue weighted by molar-refractivity contribution is 6.36. The number of rotatable bonds is 7. The number of hydrogen-bond donors (Lipinski definition) is 0. The number of amides is 1. The average molecular weight is 640 g/mol. The molecular formula is C35H38ClN7O3. The number of epoxide rings is 1. The molecule has 11 heteroatoms. The lowest BCUT2D eigenvalue weighted by atomic mass is 10.0.